The third kappa shape index (κ3) is 5.00. The van der Waals surface area contributed by atoms with Crippen molar-refractivity contribution in [3.63, 3.8) is 0 Å². The van der Waals surface area contributed by atoms with E-state index in [1.165, 1.54) is 12.8 Å². The summed E-state index contributed by atoms with van der Waals surface area (Å²) in [4.78, 5) is 11.9. The third-order valence-electron chi connectivity index (χ3n) is 3.68. The number of carbonyl (C=O) groups excluding carboxylic acids is 1. The zero-order chi connectivity index (χ0) is 15.1. The van der Waals surface area contributed by atoms with Gasteiger partial charge < -0.3 is 15.4 Å². The normalized spacial score (nSPS) is 15.1. The lowest BCUT2D eigenvalue weighted by molar-refractivity contribution is -0.123. The Kier molecular flexibility index (Phi) is 6.51. The van der Waals surface area contributed by atoms with E-state index >= 15 is 0 Å². The summed E-state index contributed by atoms with van der Waals surface area (Å²) in [7, 11) is 0. The first-order valence-corrected chi connectivity index (χ1v) is 8.40. The van der Waals surface area contributed by atoms with Gasteiger partial charge >= 0.3 is 0 Å². The maximum atomic E-state index is 11.9. The van der Waals surface area contributed by atoms with Gasteiger partial charge in [-0.05, 0) is 41.4 Å². The molecular formula is C16H23BrN2O2. The minimum atomic E-state index is -0.0351. The number of ether oxygens (including phenoxy) is 1. The summed E-state index contributed by atoms with van der Waals surface area (Å²) in [5, 5.41) is 6.31. The first-order valence-electron chi connectivity index (χ1n) is 7.61. The number of halogens is 1. The second kappa shape index (κ2) is 8.39. The highest BCUT2D eigenvalue weighted by atomic mass is 79.9. The zero-order valence-electron chi connectivity index (χ0n) is 12.5. The van der Waals surface area contributed by atoms with Crippen LogP contribution in [-0.4, -0.2) is 25.1 Å². The molecule has 2 N–H and O–H groups in total. The molecule has 4 nitrogen and oxygen atoms in total. The van der Waals surface area contributed by atoms with E-state index < -0.39 is 0 Å². The fourth-order valence-corrected chi connectivity index (χ4v) is 3.11. The molecule has 5 heteroatoms. The molecule has 21 heavy (non-hydrogen) atoms. The molecule has 0 heterocycles. The molecule has 1 amide bonds. The van der Waals surface area contributed by atoms with E-state index in [0.29, 0.717) is 6.04 Å². The van der Waals surface area contributed by atoms with Gasteiger partial charge in [0.1, 0.15) is 5.75 Å². The van der Waals surface area contributed by atoms with E-state index in [4.69, 9.17) is 4.74 Å². The van der Waals surface area contributed by atoms with Crippen LogP contribution in [0.1, 0.15) is 38.2 Å². The van der Waals surface area contributed by atoms with Crippen molar-refractivity contribution >= 4 is 21.8 Å². The van der Waals surface area contributed by atoms with Crippen LogP contribution in [0.4, 0.5) is 0 Å². The topological polar surface area (TPSA) is 50.4 Å². The van der Waals surface area contributed by atoms with Crippen molar-refractivity contribution in [1.29, 1.82) is 0 Å². The standard InChI is InChI=1S/C16H23BrN2O2/c1-2-18-10-12-6-5-9-14(17)16(12)21-11-15(20)19-13-7-3-4-8-13/h5-6,9,13,18H,2-4,7-8,10-11H2,1H3,(H,19,20). The molecule has 1 fully saturated rings. The second-order valence-electron chi connectivity index (χ2n) is 5.35. The van der Waals surface area contributed by atoms with E-state index in [9.17, 15) is 4.79 Å². The van der Waals surface area contributed by atoms with Gasteiger partial charge in [0.25, 0.3) is 5.91 Å². The van der Waals surface area contributed by atoms with Gasteiger partial charge in [0.15, 0.2) is 6.61 Å². The monoisotopic (exact) mass is 354 g/mol. The minimum absolute atomic E-state index is 0.0351. The molecular weight excluding hydrogens is 332 g/mol. The Morgan fingerprint density at radius 3 is 2.86 bits per heavy atom. The summed E-state index contributed by atoms with van der Waals surface area (Å²) in [6, 6.07) is 6.25. The zero-order valence-corrected chi connectivity index (χ0v) is 14.0. The van der Waals surface area contributed by atoms with E-state index in [-0.39, 0.29) is 12.5 Å². The first-order chi connectivity index (χ1) is 10.2. The molecule has 0 unspecified atom stereocenters. The fraction of sp³-hybridized carbons (Fsp3) is 0.562. The number of hydrogen-bond donors (Lipinski definition) is 2. The predicted octanol–water partition coefficient (Wildman–Crippen LogP) is 3.00. The van der Waals surface area contributed by atoms with Crippen LogP contribution < -0.4 is 15.4 Å². The minimum Gasteiger partial charge on any atom is -0.482 e. The van der Waals surface area contributed by atoms with Gasteiger partial charge in [-0.2, -0.15) is 0 Å². The van der Waals surface area contributed by atoms with Gasteiger partial charge in [0, 0.05) is 18.2 Å². The van der Waals surface area contributed by atoms with Crippen LogP contribution in [0.2, 0.25) is 0 Å². The number of hydrogen-bond acceptors (Lipinski definition) is 3. The van der Waals surface area contributed by atoms with E-state index in [1.54, 1.807) is 0 Å². The molecule has 0 radical (unpaired) electrons. The van der Waals surface area contributed by atoms with Crippen molar-refractivity contribution in [3.05, 3.63) is 28.2 Å². The van der Waals surface area contributed by atoms with Crippen LogP contribution in [0.3, 0.4) is 0 Å². The number of para-hydroxylation sites is 1. The lowest BCUT2D eigenvalue weighted by atomic mass is 10.2. The quantitative estimate of drug-likeness (QED) is 0.791. The maximum absolute atomic E-state index is 11.9. The Morgan fingerprint density at radius 1 is 1.38 bits per heavy atom. The van der Waals surface area contributed by atoms with Crippen LogP contribution >= 0.6 is 15.9 Å². The average Bonchev–Trinajstić information content (AvgIpc) is 2.97. The van der Waals surface area contributed by atoms with Gasteiger partial charge in [-0.25, -0.2) is 0 Å². The summed E-state index contributed by atoms with van der Waals surface area (Å²) in [6.07, 6.45) is 4.60. The van der Waals surface area contributed by atoms with Gasteiger partial charge in [0.05, 0.1) is 4.47 Å². The van der Waals surface area contributed by atoms with Gasteiger partial charge in [-0.3, -0.25) is 4.79 Å². The average molecular weight is 355 g/mol. The number of amides is 1. The number of carbonyl (C=O) groups is 1. The van der Waals surface area contributed by atoms with Gasteiger partial charge in [-0.15, -0.1) is 0 Å². The Balaban J connectivity index is 1.90. The highest BCUT2D eigenvalue weighted by Crippen LogP contribution is 2.29. The molecule has 1 aliphatic carbocycles. The van der Waals surface area contributed by atoms with Crippen molar-refractivity contribution in [2.45, 2.75) is 45.2 Å². The molecule has 0 saturated heterocycles. The molecule has 0 atom stereocenters. The van der Waals surface area contributed by atoms with E-state index in [2.05, 4.69) is 33.5 Å². The molecule has 0 bridgehead atoms. The van der Waals surface area contributed by atoms with Crippen LogP contribution in [0.25, 0.3) is 0 Å². The molecule has 0 spiro atoms. The van der Waals surface area contributed by atoms with Crippen LogP contribution in [0, 0.1) is 0 Å². The predicted molar refractivity (Wildman–Crippen MR) is 87.4 cm³/mol. The summed E-state index contributed by atoms with van der Waals surface area (Å²) in [5.74, 6) is 0.715. The number of rotatable bonds is 7. The lowest BCUT2D eigenvalue weighted by Gasteiger charge is -2.15. The largest absolute Gasteiger partial charge is 0.482 e. The van der Waals surface area contributed by atoms with Crippen LogP contribution in [0.15, 0.2) is 22.7 Å². The van der Waals surface area contributed by atoms with Crippen molar-refractivity contribution in [2.24, 2.45) is 0 Å². The molecule has 1 aromatic rings. The van der Waals surface area contributed by atoms with Gasteiger partial charge in [0.2, 0.25) is 0 Å². The SMILES string of the molecule is CCNCc1cccc(Br)c1OCC(=O)NC1CCCC1. The molecule has 1 saturated carbocycles. The highest BCUT2D eigenvalue weighted by molar-refractivity contribution is 9.10. The van der Waals surface area contributed by atoms with Crippen LogP contribution in [0.5, 0.6) is 5.75 Å². The molecule has 2 rings (SSSR count). The third-order valence-corrected chi connectivity index (χ3v) is 4.31. The van der Waals surface area contributed by atoms with Crippen molar-refractivity contribution in [2.75, 3.05) is 13.2 Å². The molecule has 1 aromatic carbocycles. The van der Waals surface area contributed by atoms with E-state index in [1.807, 2.05) is 18.2 Å². The van der Waals surface area contributed by atoms with E-state index in [0.717, 1.165) is 41.7 Å². The Labute approximate surface area is 134 Å². The molecule has 0 aromatic heterocycles. The summed E-state index contributed by atoms with van der Waals surface area (Å²) < 4.78 is 6.62. The first kappa shape index (κ1) is 16.3. The Hall–Kier alpha value is -1.07. The van der Waals surface area contributed by atoms with Crippen molar-refractivity contribution in [3.8, 4) is 5.75 Å². The number of nitrogens with one attached hydrogen (secondary N) is 2. The molecule has 1 aliphatic rings. The highest BCUT2D eigenvalue weighted by Gasteiger charge is 2.18. The summed E-state index contributed by atoms with van der Waals surface area (Å²) in [5.41, 5.74) is 1.06. The fourth-order valence-electron chi connectivity index (χ4n) is 2.59. The molecule has 116 valence electrons. The van der Waals surface area contributed by atoms with Crippen molar-refractivity contribution < 1.29 is 9.53 Å². The Bertz CT molecular complexity index is 473. The smallest absolute Gasteiger partial charge is 0.258 e. The number of benzene rings is 1. The Morgan fingerprint density at radius 2 is 2.14 bits per heavy atom. The second-order valence-corrected chi connectivity index (χ2v) is 6.20. The maximum Gasteiger partial charge on any atom is 0.258 e. The summed E-state index contributed by atoms with van der Waals surface area (Å²) >= 11 is 3.49. The molecule has 0 aliphatic heterocycles. The van der Waals surface area contributed by atoms with Crippen LogP contribution in [-0.2, 0) is 11.3 Å². The van der Waals surface area contributed by atoms with Crippen molar-refractivity contribution in [1.82, 2.24) is 10.6 Å². The van der Waals surface area contributed by atoms with Gasteiger partial charge in [-0.1, -0.05) is 31.9 Å². The summed E-state index contributed by atoms with van der Waals surface area (Å²) in [6.45, 7) is 3.76. The lowest BCUT2D eigenvalue weighted by Crippen LogP contribution is -2.36.